The topological polar surface area (TPSA) is 18.5 Å². The third-order valence-electron chi connectivity index (χ3n) is 4.44. The van der Waals surface area contributed by atoms with E-state index in [2.05, 4.69) is 8.85 Å². The fourth-order valence-electron chi connectivity index (χ4n) is 2.21. The molecule has 0 N–H and O–H groups in total. The molecule has 0 spiro atoms. The molecule has 1 unspecified atom stereocenters. The van der Waals surface area contributed by atoms with Gasteiger partial charge in [-0.1, -0.05) is 6.92 Å². The normalized spacial score (nSPS) is 17.0. The number of rotatable bonds is 11. The molecule has 33 heavy (non-hydrogen) atoms. The molecule has 0 aromatic carbocycles. The Labute approximate surface area is 174 Å². The summed E-state index contributed by atoms with van der Waals surface area (Å²) in [5.41, 5.74) is 0. The van der Waals surface area contributed by atoms with Crippen LogP contribution >= 0.6 is 0 Å². The summed E-state index contributed by atoms with van der Waals surface area (Å²) in [4.78, 5) is 0. The molecule has 0 aromatic heterocycles. The molecule has 0 aliphatic rings. The van der Waals surface area contributed by atoms with Crippen LogP contribution in [0.4, 0.5) is 74.6 Å². The van der Waals surface area contributed by atoms with Crippen molar-refractivity contribution < 1.29 is 83.5 Å². The maximum atomic E-state index is 13.9. The Hall–Kier alpha value is -1.05. The Morgan fingerprint density at radius 2 is 0.788 bits per heavy atom. The van der Waals surface area contributed by atoms with Gasteiger partial charge in [-0.25, -0.2) is 0 Å². The summed E-state index contributed by atoms with van der Waals surface area (Å²) >= 11 is 0. The highest BCUT2D eigenvalue weighted by molar-refractivity contribution is 6.44. The number of halogens is 17. The van der Waals surface area contributed by atoms with Crippen LogP contribution in [-0.4, -0.2) is 71.1 Å². The van der Waals surface area contributed by atoms with Crippen LogP contribution in [0.15, 0.2) is 0 Å². The molecular weight excluding hydrogens is 539 g/mol. The van der Waals surface area contributed by atoms with E-state index in [0.717, 1.165) is 14.2 Å². The third kappa shape index (κ3) is 4.50. The zero-order valence-corrected chi connectivity index (χ0v) is 17.3. The second kappa shape index (κ2) is 8.87. The van der Waals surface area contributed by atoms with E-state index in [0.29, 0.717) is 0 Å². The first kappa shape index (κ1) is 31.9. The summed E-state index contributed by atoms with van der Waals surface area (Å²) in [6.45, 7) is -0.00920. The van der Waals surface area contributed by atoms with Crippen molar-refractivity contribution in [2.75, 3.05) is 14.2 Å². The zero-order valence-electron chi connectivity index (χ0n) is 16.1. The van der Waals surface area contributed by atoms with Gasteiger partial charge in [-0.2, -0.15) is 74.6 Å². The molecule has 0 bridgehead atoms. The van der Waals surface area contributed by atoms with Crippen LogP contribution in [0.1, 0.15) is 6.92 Å². The summed E-state index contributed by atoms with van der Waals surface area (Å²) in [5.74, 6) is -59.4. The van der Waals surface area contributed by atoms with E-state index in [1.807, 2.05) is 0 Å². The second-order valence-electron chi connectivity index (χ2n) is 6.60. The first-order chi connectivity index (χ1) is 14.2. The Kier molecular flexibility index (Phi) is 8.58. The lowest BCUT2D eigenvalue weighted by Gasteiger charge is -2.43. The molecule has 0 fully saturated rings. The van der Waals surface area contributed by atoms with Crippen molar-refractivity contribution >= 4 is 9.28 Å². The molecule has 20 heteroatoms. The van der Waals surface area contributed by atoms with E-state index >= 15 is 0 Å². The Balaban J connectivity index is 6.64. The van der Waals surface area contributed by atoms with Gasteiger partial charge in [-0.05, 0) is 6.04 Å². The lowest BCUT2D eigenvalue weighted by molar-refractivity contribution is -0.463. The molecule has 0 saturated carbocycles. The highest BCUT2D eigenvalue weighted by Gasteiger charge is 2.95. The van der Waals surface area contributed by atoms with Gasteiger partial charge in [0.2, 0.25) is 0 Å². The van der Waals surface area contributed by atoms with Gasteiger partial charge in [0.25, 0.3) is 0 Å². The van der Waals surface area contributed by atoms with Crippen molar-refractivity contribution in [2.24, 2.45) is 5.92 Å². The fourth-order valence-corrected chi connectivity index (χ4v) is 3.66. The van der Waals surface area contributed by atoms with Gasteiger partial charge in [0.15, 0.2) is 0 Å². The van der Waals surface area contributed by atoms with Crippen molar-refractivity contribution in [2.45, 2.75) is 60.6 Å². The molecule has 0 aliphatic carbocycles. The largest absolute Gasteiger partial charge is 0.460 e. The lowest BCUT2D eigenvalue weighted by atomic mass is 9.86. The highest BCUT2D eigenvalue weighted by atomic mass is 28.3. The number of hydrogen-bond acceptors (Lipinski definition) is 2. The summed E-state index contributed by atoms with van der Waals surface area (Å²) in [7, 11) is -1.84. The maximum absolute atomic E-state index is 13.9. The van der Waals surface area contributed by atoms with Crippen molar-refractivity contribution in [1.82, 2.24) is 0 Å². The van der Waals surface area contributed by atoms with Gasteiger partial charge in [0.05, 0.1) is 0 Å². The zero-order chi connectivity index (χ0) is 27.3. The summed E-state index contributed by atoms with van der Waals surface area (Å²) in [6, 6.07) is -1.38. The first-order valence-corrected chi connectivity index (χ1v) is 9.69. The van der Waals surface area contributed by atoms with Crippen molar-refractivity contribution in [1.29, 1.82) is 0 Å². The molecule has 0 saturated heterocycles. The number of hydrogen-bond donors (Lipinski definition) is 0. The molecular formula is C13H13F17O2Si. The van der Waals surface area contributed by atoms with E-state index in [-0.39, 0.29) is 6.92 Å². The van der Waals surface area contributed by atoms with E-state index in [1.165, 1.54) is 0 Å². The quantitative estimate of drug-likeness (QED) is 0.227. The standard InChI is InChI=1S/C13H13F17O2Si/c1-5(4-33(31-2)32-3)6(14,15)7(16,17)8(18,19)9(20,21)10(22,23)11(24,25)12(26,27)13(28,29)30/h5,33H,4H2,1-3H3. The predicted octanol–water partition coefficient (Wildman–Crippen LogP) is 6.15. The first-order valence-electron chi connectivity index (χ1n) is 7.93. The van der Waals surface area contributed by atoms with Gasteiger partial charge in [0, 0.05) is 20.1 Å². The van der Waals surface area contributed by atoms with Crippen LogP contribution in [0.2, 0.25) is 6.04 Å². The minimum Gasteiger partial charge on any atom is -0.400 e. The molecule has 0 rings (SSSR count). The van der Waals surface area contributed by atoms with Gasteiger partial charge < -0.3 is 8.85 Å². The van der Waals surface area contributed by atoms with Crippen molar-refractivity contribution in [3.8, 4) is 0 Å². The molecule has 0 radical (unpaired) electrons. The van der Waals surface area contributed by atoms with Crippen LogP contribution in [0.25, 0.3) is 0 Å². The van der Waals surface area contributed by atoms with E-state index in [1.54, 1.807) is 0 Å². The summed E-state index contributed by atoms with van der Waals surface area (Å²) in [5, 5.41) is 0. The Morgan fingerprint density at radius 3 is 1.06 bits per heavy atom. The SMILES string of the molecule is CO[SiH](CC(C)C(F)(F)C(F)(F)C(F)(F)C(F)(F)C(F)(F)C(F)(F)C(F)(F)C(F)(F)F)OC. The maximum Gasteiger partial charge on any atom is 0.460 e. The summed E-state index contributed by atoms with van der Waals surface area (Å²) in [6.07, 6.45) is -7.77. The van der Waals surface area contributed by atoms with Crippen LogP contribution < -0.4 is 0 Å². The average Bonchev–Trinajstić information content (AvgIpc) is 2.63. The third-order valence-corrected chi connectivity index (χ3v) is 6.58. The monoisotopic (exact) mass is 552 g/mol. The Morgan fingerprint density at radius 1 is 0.515 bits per heavy atom. The van der Waals surface area contributed by atoms with Gasteiger partial charge in [0.1, 0.15) is 0 Å². The van der Waals surface area contributed by atoms with Crippen LogP contribution in [-0.2, 0) is 8.85 Å². The molecule has 0 heterocycles. The fraction of sp³-hybridized carbons (Fsp3) is 1.00. The summed E-state index contributed by atoms with van der Waals surface area (Å²) < 4.78 is 233. The minimum absolute atomic E-state index is 0.00920. The average molecular weight is 552 g/mol. The van der Waals surface area contributed by atoms with Gasteiger partial charge >= 0.3 is 56.9 Å². The van der Waals surface area contributed by atoms with E-state index in [4.69, 9.17) is 0 Å². The lowest BCUT2D eigenvalue weighted by Crippen LogP contribution is -2.74. The molecule has 0 amide bonds. The van der Waals surface area contributed by atoms with E-state index < -0.39 is 68.9 Å². The second-order valence-corrected chi connectivity index (χ2v) is 8.88. The smallest absolute Gasteiger partial charge is 0.400 e. The van der Waals surface area contributed by atoms with Crippen molar-refractivity contribution in [3.05, 3.63) is 0 Å². The Bertz CT molecular complexity index is 670. The molecule has 200 valence electrons. The van der Waals surface area contributed by atoms with Gasteiger partial charge in [-0.3, -0.25) is 0 Å². The number of alkyl halides is 17. The molecule has 0 aromatic rings. The highest BCUT2D eigenvalue weighted by Crippen LogP contribution is 2.64. The molecule has 1 atom stereocenters. The molecule has 0 aliphatic heterocycles. The molecule has 2 nitrogen and oxygen atoms in total. The van der Waals surface area contributed by atoms with E-state index in [9.17, 15) is 74.6 Å². The van der Waals surface area contributed by atoms with Gasteiger partial charge in [-0.15, -0.1) is 0 Å². The van der Waals surface area contributed by atoms with Crippen LogP contribution in [0.5, 0.6) is 0 Å². The van der Waals surface area contributed by atoms with Crippen LogP contribution in [0, 0.1) is 5.92 Å². The van der Waals surface area contributed by atoms with Crippen LogP contribution in [0.3, 0.4) is 0 Å². The van der Waals surface area contributed by atoms with Crippen molar-refractivity contribution in [3.63, 3.8) is 0 Å². The predicted molar refractivity (Wildman–Crippen MR) is 75.8 cm³/mol. The minimum atomic E-state index is -8.62.